The van der Waals surface area contributed by atoms with E-state index in [0.29, 0.717) is 29.4 Å². The molecule has 2 rings (SSSR count). The van der Waals surface area contributed by atoms with Crippen LogP contribution in [0.1, 0.15) is 11.1 Å². The summed E-state index contributed by atoms with van der Waals surface area (Å²) >= 11 is 6.00. The topological polar surface area (TPSA) is 53.5 Å². The first kappa shape index (κ1) is 18.7. The first-order chi connectivity index (χ1) is 11.7. The van der Waals surface area contributed by atoms with E-state index in [2.05, 4.69) is 10.6 Å². The lowest BCUT2D eigenvalue weighted by Gasteiger charge is -2.11. The van der Waals surface area contributed by atoms with Crippen molar-refractivity contribution in [2.75, 3.05) is 26.2 Å². The van der Waals surface area contributed by atoms with Crippen LogP contribution >= 0.6 is 11.6 Å². The number of aliphatic hydroxyl groups is 1. The molecule has 2 aromatic carbocycles. The van der Waals surface area contributed by atoms with Crippen molar-refractivity contribution in [3.63, 3.8) is 0 Å². The second kappa shape index (κ2) is 10.3. The third-order valence-corrected chi connectivity index (χ3v) is 3.79. The van der Waals surface area contributed by atoms with Crippen LogP contribution in [0.3, 0.4) is 0 Å². The highest BCUT2D eigenvalue weighted by Gasteiger charge is 2.07. The Labute approximate surface area is 146 Å². The third kappa shape index (κ3) is 6.09. The lowest BCUT2D eigenvalue weighted by molar-refractivity contribution is 0.292. The van der Waals surface area contributed by atoms with Crippen LogP contribution in [0, 0.1) is 5.82 Å². The lowest BCUT2D eigenvalue weighted by atomic mass is 10.2. The van der Waals surface area contributed by atoms with Gasteiger partial charge < -0.3 is 20.5 Å². The standard InChI is InChI=1S/C18H22ClFN2O2/c19-17-5-2-6-18(20)16(17)13-24-15-4-1-3-14(11-15)12-22-8-7-21-9-10-23/h1-6,11,21-23H,7-10,12-13H2. The second-order valence-electron chi connectivity index (χ2n) is 5.29. The van der Waals surface area contributed by atoms with Crippen molar-refractivity contribution in [2.24, 2.45) is 0 Å². The zero-order valence-corrected chi connectivity index (χ0v) is 14.2. The second-order valence-corrected chi connectivity index (χ2v) is 5.69. The van der Waals surface area contributed by atoms with Gasteiger partial charge in [-0.15, -0.1) is 0 Å². The van der Waals surface area contributed by atoms with Crippen LogP contribution in [-0.4, -0.2) is 31.3 Å². The van der Waals surface area contributed by atoms with Gasteiger partial charge >= 0.3 is 0 Å². The number of nitrogens with one attached hydrogen (secondary N) is 2. The van der Waals surface area contributed by atoms with Crippen LogP contribution in [0.2, 0.25) is 5.02 Å². The Morgan fingerprint density at radius 1 is 1.04 bits per heavy atom. The van der Waals surface area contributed by atoms with Gasteiger partial charge in [0.25, 0.3) is 0 Å². The van der Waals surface area contributed by atoms with Gasteiger partial charge in [-0.2, -0.15) is 0 Å². The Hall–Kier alpha value is -1.66. The van der Waals surface area contributed by atoms with Gasteiger partial charge in [0.05, 0.1) is 11.6 Å². The highest BCUT2D eigenvalue weighted by molar-refractivity contribution is 6.31. The first-order valence-corrected chi connectivity index (χ1v) is 8.25. The van der Waals surface area contributed by atoms with Gasteiger partial charge in [-0.05, 0) is 29.8 Å². The van der Waals surface area contributed by atoms with Gasteiger partial charge in [-0.3, -0.25) is 0 Å². The van der Waals surface area contributed by atoms with Gasteiger partial charge in [0.15, 0.2) is 0 Å². The van der Waals surface area contributed by atoms with Crippen molar-refractivity contribution in [2.45, 2.75) is 13.2 Å². The predicted octanol–water partition coefficient (Wildman–Crippen LogP) is 2.73. The quantitative estimate of drug-likeness (QED) is 0.575. The smallest absolute Gasteiger partial charge is 0.131 e. The number of halogens is 2. The van der Waals surface area contributed by atoms with Gasteiger partial charge in [0, 0.05) is 31.7 Å². The molecule has 0 saturated heterocycles. The fourth-order valence-corrected chi connectivity index (χ4v) is 2.40. The Morgan fingerprint density at radius 3 is 2.62 bits per heavy atom. The molecule has 0 aliphatic carbocycles. The van der Waals surface area contributed by atoms with Gasteiger partial charge in [0.1, 0.15) is 18.2 Å². The van der Waals surface area contributed by atoms with Crippen LogP contribution in [0.25, 0.3) is 0 Å². The van der Waals surface area contributed by atoms with E-state index >= 15 is 0 Å². The minimum absolute atomic E-state index is 0.0907. The van der Waals surface area contributed by atoms with Crippen LogP contribution in [0.4, 0.5) is 4.39 Å². The summed E-state index contributed by atoms with van der Waals surface area (Å²) in [6.07, 6.45) is 0. The summed E-state index contributed by atoms with van der Waals surface area (Å²) in [6, 6.07) is 12.2. The number of hydrogen-bond donors (Lipinski definition) is 3. The van der Waals surface area contributed by atoms with Crippen LogP contribution in [0.15, 0.2) is 42.5 Å². The third-order valence-electron chi connectivity index (χ3n) is 3.44. The molecule has 0 atom stereocenters. The van der Waals surface area contributed by atoms with Crippen molar-refractivity contribution < 1.29 is 14.2 Å². The largest absolute Gasteiger partial charge is 0.489 e. The highest BCUT2D eigenvalue weighted by atomic mass is 35.5. The van der Waals surface area contributed by atoms with E-state index in [1.807, 2.05) is 24.3 Å². The number of hydrogen-bond acceptors (Lipinski definition) is 4. The molecule has 0 amide bonds. The Bertz CT molecular complexity index is 620. The van der Waals surface area contributed by atoms with E-state index in [9.17, 15) is 4.39 Å². The molecule has 4 nitrogen and oxygen atoms in total. The monoisotopic (exact) mass is 352 g/mol. The molecule has 24 heavy (non-hydrogen) atoms. The van der Waals surface area contributed by atoms with Gasteiger partial charge in [-0.1, -0.05) is 29.8 Å². The van der Waals surface area contributed by atoms with Crippen LogP contribution in [0.5, 0.6) is 5.75 Å². The number of benzene rings is 2. The molecule has 3 N–H and O–H groups in total. The van der Waals surface area contributed by atoms with E-state index in [1.165, 1.54) is 6.07 Å². The minimum atomic E-state index is -0.365. The predicted molar refractivity (Wildman–Crippen MR) is 93.8 cm³/mol. The summed E-state index contributed by atoms with van der Waals surface area (Å²) in [5.41, 5.74) is 1.44. The molecule has 0 fully saturated rings. The summed E-state index contributed by atoms with van der Waals surface area (Å²) in [5.74, 6) is 0.308. The van der Waals surface area contributed by atoms with E-state index in [1.54, 1.807) is 12.1 Å². The molecule has 0 heterocycles. The summed E-state index contributed by atoms with van der Waals surface area (Å²) in [5, 5.41) is 15.4. The Kier molecular flexibility index (Phi) is 7.98. The molecule has 130 valence electrons. The summed E-state index contributed by atoms with van der Waals surface area (Å²) in [7, 11) is 0. The molecular weight excluding hydrogens is 331 g/mol. The average molecular weight is 353 g/mol. The van der Waals surface area contributed by atoms with E-state index < -0.39 is 0 Å². The highest BCUT2D eigenvalue weighted by Crippen LogP contribution is 2.22. The number of ether oxygens (including phenoxy) is 1. The molecular formula is C18H22ClFN2O2. The molecule has 0 aliphatic rings. The van der Waals surface area contributed by atoms with E-state index in [-0.39, 0.29) is 19.0 Å². The Balaban J connectivity index is 1.82. The lowest BCUT2D eigenvalue weighted by Crippen LogP contribution is -2.28. The molecule has 0 spiro atoms. The maximum absolute atomic E-state index is 13.7. The summed E-state index contributed by atoms with van der Waals surface area (Å²) in [4.78, 5) is 0. The van der Waals surface area contributed by atoms with Crippen LogP contribution < -0.4 is 15.4 Å². The fourth-order valence-electron chi connectivity index (χ4n) is 2.18. The average Bonchev–Trinajstić information content (AvgIpc) is 2.58. The SMILES string of the molecule is OCCNCCNCc1cccc(OCc2c(F)cccc2Cl)c1. The first-order valence-electron chi connectivity index (χ1n) is 7.87. The summed E-state index contributed by atoms with van der Waals surface area (Å²) < 4.78 is 19.4. The van der Waals surface area contributed by atoms with Gasteiger partial charge in [-0.25, -0.2) is 4.39 Å². The molecule has 0 saturated carbocycles. The van der Waals surface area contributed by atoms with E-state index in [4.69, 9.17) is 21.4 Å². The number of aliphatic hydroxyl groups excluding tert-OH is 1. The zero-order valence-electron chi connectivity index (χ0n) is 13.4. The Morgan fingerprint density at radius 2 is 1.83 bits per heavy atom. The van der Waals surface area contributed by atoms with Crippen molar-refractivity contribution >= 4 is 11.6 Å². The van der Waals surface area contributed by atoms with E-state index in [0.717, 1.165) is 18.7 Å². The molecule has 6 heteroatoms. The van der Waals surface area contributed by atoms with Crippen molar-refractivity contribution in [3.8, 4) is 5.75 Å². The molecule has 0 aliphatic heterocycles. The molecule has 0 bridgehead atoms. The fraction of sp³-hybridized carbons (Fsp3) is 0.333. The minimum Gasteiger partial charge on any atom is -0.489 e. The maximum atomic E-state index is 13.7. The molecule has 0 aromatic heterocycles. The van der Waals surface area contributed by atoms with Crippen molar-refractivity contribution in [1.29, 1.82) is 0 Å². The van der Waals surface area contributed by atoms with Crippen molar-refractivity contribution in [3.05, 3.63) is 64.4 Å². The van der Waals surface area contributed by atoms with Crippen LogP contribution in [-0.2, 0) is 13.2 Å². The van der Waals surface area contributed by atoms with Crippen molar-refractivity contribution in [1.82, 2.24) is 10.6 Å². The molecule has 0 unspecified atom stereocenters. The normalized spacial score (nSPS) is 10.8. The maximum Gasteiger partial charge on any atom is 0.131 e. The molecule has 0 radical (unpaired) electrons. The molecule has 2 aromatic rings. The summed E-state index contributed by atoms with van der Waals surface area (Å²) in [6.45, 7) is 3.14. The van der Waals surface area contributed by atoms with Gasteiger partial charge in [0.2, 0.25) is 0 Å². The number of rotatable bonds is 10. The zero-order chi connectivity index (χ0) is 17.2.